The summed E-state index contributed by atoms with van der Waals surface area (Å²) < 4.78 is 0. The largest absolute Gasteiger partial charge is 0.481 e. The average Bonchev–Trinajstić information content (AvgIpc) is 3.46. The second kappa shape index (κ2) is 12.2. The van der Waals surface area contributed by atoms with Crippen molar-refractivity contribution in [2.45, 2.75) is 56.3 Å². The van der Waals surface area contributed by atoms with Gasteiger partial charge in [-0.3, -0.25) is 19.2 Å². The monoisotopic (exact) mass is 484 g/mol. The van der Waals surface area contributed by atoms with E-state index in [1.807, 2.05) is 0 Å². The molecule has 182 valence electrons. The molecule has 7 N–H and O–H groups in total. The number of nitrogens with one attached hydrogen (secondary N) is 3. The molecule has 0 spiro atoms. The van der Waals surface area contributed by atoms with Crippen molar-refractivity contribution in [2.24, 2.45) is 5.73 Å². The van der Waals surface area contributed by atoms with E-state index in [0.717, 1.165) is 0 Å². The molecule has 2 rings (SSSR count). The standard InChI is InChI=1S/C19H28N6O7S/c20-11(3-4-15(26)27)18(30)25-5-1-2-14(25)17(29)23-12(6-10-7-21-9-22-10)16(28)24-13(8-33)19(31)32/h7,9,11-14,33H,1-6,8,20H2,(H,21,22)(H,23,29)(H,24,28)(H,26,27)(H,31,32). The predicted octanol–water partition coefficient (Wildman–Crippen LogP) is -1.88. The minimum atomic E-state index is -1.27. The fourth-order valence-corrected chi connectivity index (χ4v) is 3.72. The number of nitrogens with zero attached hydrogens (tertiary/aromatic N) is 2. The van der Waals surface area contributed by atoms with Crippen molar-refractivity contribution in [3.63, 3.8) is 0 Å². The molecule has 0 radical (unpaired) electrons. The van der Waals surface area contributed by atoms with Crippen LogP contribution in [0.3, 0.4) is 0 Å². The molecule has 0 aromatic carbocycles. The summed E-state index contributed by atoms with van der Waals surface area (Å²) >= 11 is 3.92. The molecule has 1 saturated heterocycles. The van der Waals surface area contributed by atoms with Crippen LogP contribution in [-0.2, 0) is 30.4 Å². The Kier molecular flexibility index (Phi) is 9.66. The fraction of sp³-hybridized carbons (Fsp3) is 0.579. The number of H-pyrrole nitrogens is 1. The Morgan fingerprint density at radius 3 is 2.55 bits per heavy atom. The lowest BCUT2D eigenvalue weighted by atomic mass is 10.1. The molecular formula is C19H28N6O7S. The predicted molar refractivity (Wildman–Crippen MR) is 117 cm³/mol. The van der Waals surface area contributed by atoms with Crippen LogP contribution in [0.25, 0.3) is 0 Å². The number of carboxylic acid groups (broad SMARTS) is 2. The number of rotatable bonds is 12. The van der Waals surface area contributed by atoms with Gasteiger partial charge in [-0.2, -0.15) is 12.6 Å². The second-order valence-corrected chi connectivity index (χ2v) is 8.02. The third-order valence-electron chi connectivity index (χ3n) is 5.23. The summed E-state index contributed by atoms with van der Waals surface area (Å²) in [5.74, 6) is -4.36. The highest BCUT2D eigenvalue weighted by molar-refractivity contribution is 7.80. The van der Waals surface area contributed by atoms with Gasteiger partial charge in [-0.1, -0.05) is 0 Å². The summed E-state index contributed by atoms with van der Waals surface area (Å²) in [6, 6.07) is -4.34. The van der Waals surface area contributed by atoms with E-state index in [0.29, 0.717) is 18.5 Å². The Balaban J connectivity index is 2.11. The van der Waals surface area contributed by atoms with Crippen LogP contribution in [0.4, 0.5) is 0 Å². The van der Waals surface area contributed by atoms with E-state index in [2.05, 4.69) is 33.2 Å². The van der Waals surface area contributed by atoms with Crippen molar-refractivity contribution in [3.8, 4) is 0 Å². The Labute approximate surface area is 194 Å². The fourth-order valence-electron chi connectivity index (χ4n) is 3.47. The number of aromatic nitrogens is 2. The van der Waals surface area contributed by atoms with E-state index in [4.69, 9.17) is 10.8 Å². The molecule has 1 aliphatic rings. The zero-order valence-corrected chi connectivity index (χ0v) is 18.7. The van der Waals surface area contributed by atoms with Gasteiger partial charge < -0.3 is 36.5 Å². The van der Waals surface area contributed by atoms with Gasteiger partial charge in [0.25, 0.3) is 0 Å². The first kappa shape index (κ1) is 26.1. The molecule has 1 aliphatic heterocycles. The van der Waals surface area contributed by atoms with Crippen molar-refractivity contribution in [3.05, 3.63) is 18.2 Å². The van der Waals surface area contributed by atoms with Gasteiger partial charge in [-0.15, -0.1) is 0 Å². The molecule has 13 nitrogen and oxygen atoms in total. The molecule has 1 aromatic rings. The summed E-state index contributed by atoms with van der Waals surface area (Å²) in [5.41, 5.74) is 6.35. The molecule has 2 heterocycles. The van der Waals surface area contributed by atoms with Gasteiger partial charge in [0.05, 0.1) is 12.4 Å². The average molecular weight is 485 g/mol. The third-order valence-corrected chi connectivity index (χ3v) is 5.60. The molecule has 0 saturated carbocycles. The van der Waals surface area contributed by atoms with Crippen LogP contribution in [-0.4, -0.2) is 91.2 Å². The molecule has 0 aliphatic carbocycles. The van der Waals surface area contributed by atoms with E-state index in [9.17, 15) is 29.1 Å². The lowest BCUT2D eigenvalue weighted by molar-refractivity contribution is -0.143. The van der Waals surface area contributed by atoms with Crippen molar-refractivity contribution in [2.75, 3.05) is 12.3 Å². The van der Waals surface area contributed by atoms with Gasteiger partial charge >= 0.3 is 11.9 Å². The van der Waals surface area contributed by atoms with Crippen LogP contribution >= 0.6 is 12.6 Å². The third kappa shape index (κ3) is 7.46. The number of aliphatic carboxylic acids is 2. The maximum absolute atomic E-state index is 13.0. The van der Waals surface area contributed by atoms with Crippen LogP contribution in [0.1, 0.15) is 31.4 Å². The lowest BCUT2D eigenvalue weighted by Gasteiger charge is -2.28. The zero-order valence-electron chi connectivity index (χ0n) is 17.8. The maximum Gasteiger partial charge on any atom is 0.327 e. The number of hydrogen-bond acceptors (Lipinski definition) is 8. The number of imidazole rings is 1. The first-order valence-electron chi connectivity index (χ1n) is 10.3. The minimum absolute atomic E-state index is 0.00920. The summed E-state index contributed by atoms with van der Waals surface area (Å²) in [5, 5.41) is 22.9. The van der Waals surface area contributed by atoms with E-state index in [1.165, 1.54) is 17.4 Å². The quantitative estimate of drug-likeness (QED) is 0.165. The van der Waals surface area contributed by atoms with Crippen LogP contribution in [0, 0.1) is 0 Å². The van der Waals surface area contributed by atoms with Crippen LogP contribution in [0.15, 0.2) is 12.5 Å². The van der Waals surface area contributed by atoms with E-state index >= 15 is 0 Å². The molecule has 1 aromatic heterocycles. The summed E-state index contributed by atoms with van der Waals surface area (Å²) in [7, 11) is 0. The zero-order chi connectivity index (χ0) is 24.5. The van der Waals surface area contributed by atoms with Crippen LogP contribution in [0.2, 0.25) is 0 Å². The van der Waals surface area contributed by atoms with Crippen molar-refractivity contribution in [1.29, 1.82) is 0 Å². The molecule has 3 amide bonds. The number of nitrogens with two attached hydrogens (primary N) is 1. The molecular weight excluding hydrogens is 456 g/mol. The van der Waals surface area contributed by atoms with E-state index < -0.39 is 53.8 Å². The van der Waals surface area contributed by atoms with Gasteiger partial charge in [0, 0.05) is 37.0 Å². The van der Waals surface area contributed by atoms with Crippen molar-refractivity contribution in [1.82, 2.24) is 25.5 Å². The smallest absolute Gasteiger partial charge is 0.327 e. The number of carboxylic acids is 2. The first-order valence-corrected chi connectivity index (χ1v) is 11.0. The van der Waals surface area contributed by atoms with E-state index in [-0.39, 0.29) is 31.6 Å². The van der Waals surface area contributed by atoms with E-state index in [1.54, 1.807) is 0 Å². The van der Waals surface area contributed by atoms with Gasteiger partial charge in [-0.05, 0) is 19.3 Å². The van der Waals surface area contributed by atoms with Crippen LogP contribution in [0.5, 0.6) is 0 Å². The Morgan fingerprint density at radius 2 is 1.97 bits per heavy atom. The highest BCUT2D eigenvalue weighted by Gasteiger charge is 2.38. The number of aromatic amines is 1. The normalized spacial score (nSPS) is 18.2. The Bertz CT molecular complexity index is 865. The molecule has 4 atom stereocenters. The highest BCUT2D eigenvalue weighted by atomic mass is 32.1. The second-order valence-electron chi connectivity index (χ2n) is 7.65. The summed E-state index contributed by atoms with van der Waals surface area (Å²) in [6.07, 6.45) is 3.41. The highest BCUT2D eigenvalue weighted by Crippen LogP contribution is 2.19. The number of carbonyl (C=O) groups excluding carboxylic acids is 3. The molecule has 14 heteroatoms. The SMILES string of the molecule is NC(CCC(=O)O)C(=O)N1CCCC1C(=O)NC(Cc1cnc[nH]1)C(=O)NC(CS)C(=O)O. The number of carbonyl (C=O) groups is 5. The van der Waals surface area contributed by atoms with Gasteiger partial charge in [0.1, 0.15) is 18.1 Å². The van der Waals surface area contributed by atoms with Crippen molar-refractivity contribution >= 4 is 42.3 Å². The number of amides is 3. The molecule has 1 fully saturated rings. The van der Waals surface area contributed by atoms with Gasteiger partial charge in [0.15, 0.2) is 0 Å². The molecule has 4 unspecified atom stereocenters. The Morgan fingerprint density at radius 1 is 1.24 bits per heavy atom. The first-order chi connectivity index (χ1) is 15.6. The number of likely N-dealkylation sites (tertiary alicyclic amines) is 1. The van der Waals surface area contributed by atoms with Crippen molar-refractivity contribution < 1.29 is 34.2 Å². The summed E-state index contributed by atoms with van der Waals surface area (Å²) in [4.78, 5) is 68.4. The number of thiol groups is 1. The summed E-state index contributed by atoms with van der Waals surface area (Å²) in [6.45, 7) is 0.274. The maximum atomic E-state index is 13.0. The van der Waals surface area contributed by atoms with Crippen LogP contribution < -0.4 is 16.4 Å². The Hall–Kier alpha value is -3.13. The number of hydrogen-bond donors (Lipinski definition) is 7. The molecule has 33 heavy (non-hydrogen) atoms. The topological polar surface area (TPSA) is 208 Å². The minimum Gasteiger partial charge on any atom is -0.481 e. The van der Waals surface area contributed by atoms with Gasteiger partial charge in [-0.25, -0.2) is 9.78 Å². The molecule has 0 bridgehead atoms. The van der Waals surface area contributed by atoms with Gasteiger partial charge in [0.2, 0.25) is 17.7 Å². The lowest BCUT2D eigenvalue weighted by Crippen LogP contribution is -2.57.